The molecular formula is C19H22N4O3. The molecule has 7 nitrogen and oxygen atoms in total. The number of nitrogens with zero attached hydrogens (tertiary/aromatic N) is 1. The van der Waals surface area contributed by atoms with E-state index in [1.807, 2.05) is 45.0 Å². The van der Waals surface area contributed by atoms with Gasteiger partial charge in [0.2, 0.25) is 0 Å². The molecule has 7 heteroatoms. The molecule has 0 radical (unpaired) electrons. The van der Waals surface area contributed by atoms with E-state index in [0.717, 1.165) is 22.3 Å². The van der Waals surface area contributed by atoms with Crippen LogP contribution in [0.25, 0.3) is 10.9 Å². The number of methoxy groups -OCH3 is 1. The maximum Gasteiger partial charge on any atom is 0.345 e. The number of carbonyl (C=O) groups excluding carboxylic acids is 1. The van der Waals surface area contributed by atoms with Crippen LogP contribution in [0.3, 0.4) is 0 Å². The molecule has 1 amide bonds. The largest absolute Gasteiger partial charge is 0.497 e. The molecule has 2 aromatic heterocycles. The van der Waals surface area contributed by atoms with Gasteiger partial charge in [0.25, 0.3) is 5.91 Å². The van der Waals surface area contributed by atoms with Crippen LogP contribution >= 0.6 is 0 Å². The van der Waals surface area contributed by atoms with Crippen LogP contribution in [0.5, 0.6) is 5.75 Å². The van der Waals surface area contributed by atoms with Gasteiger partial charge in [-0.1, -0.05) is 20.8 Å². The molecule has 26 heavy (non-hydrogen) atoms. The van der Waals surface area contributed by atoms with Gasteiger partial charge in [0.15, 0.2) is 0 Å². The monoisotopic (exact) mass is 354 g/mol. The van der Waals surface area contributed by atoms with Crippen LogP contribution < -0.4 is 15.7 Å². The van der Waals surface area contributed by atoms with Crippen LogP contribution in [0.1, 0.15) is 42.6 Å². The zero-order valence-electron chi connectivity index (χ0n) is 15.3. The van der Waals surface area contributed by atoms with Crippen LogP contribution in [-0.2, 0) is 12.0 Å². The first kappa shape index (κ1) is 17.7. The third-order valence-corrected chi connectivity index (χ3v) is 4.11. The van der Waals surface area contributed by atoms with Gasteiger partial charge in [-0.05, 0) is 30.3 Å². The van der Waals surface area contributed by atoms with Crippen molar-refractivity contribution in [1.29, 1.82) is 0 Å². The minimum absolute atomic E-state index is 0.108. The zero-order chi connectivity index (χ0) is 18.9. The highest BCUT2D eigenvalue weighted by Crippen LogP contribution is 2.21. The highest BCUT2D eigenvalue weighted by Gasteiger charge is 2.18. The lowest BCUT2D eigenvalue weighted by Gasteiger charge is -2.18. The third kappa shape index (κ3) is 3.77. The average Bonchev–Trinajstić information content (AvgIpc) is 3.00. The van der Waals surface area contributed by atoms with E-state index in [1.54, 1.807) is 13.2 Å². The number of H-pyrrole nitrogens is 2. The van der Waals surface area contributed by atoms with Crippen molar-refractivity contribution in [3.8, 4) is 5.75 Å². The first-order chi connectivity index (χ1) is 12.3. The van der Waals surface area contributed by atoms with E-state index in [2.05, 4.69) is 20.3 Å². The molecule has 0 fully saturated rings. The van der Waals surface area contributed by atoms with Gasteiger partial charge in [0.05, 0.1) is 13.7 Å². The van der Waals surface area contributed by atoms with Crippen LogP contribution in [0.4, 0.5) is 0 Å². The third-order valence-electron chi connectivity index (χ3n) is 4.11. The fourth-order valence-electron chi connectivity index (χ4n) is 2.64. The van der Waals surface area contributed by atoms with Crippen LogP contribution in [-0.4, -0.2) is 28.0 Å². The van der Waals surface area contributed by atoms with E-state index in [4.69, 9.17) is 4.74 Å². The molecule has 0 aliphatic rings. The van der Waals surface area contributed by atoms with Crippen LogP contribution in [0.2, 0.25) is 0 Å². The highest BCUT2D eigenvalue weighted by molar-refractivity contribution is 5.92. The standard InChI is InChI=1S/C19H22N4O3/c1-19(2,3)16-9-15(22-18(25)23-16)17(24)20-10-12-7-11-8-13(26-4)5-6-14(11)21-12/h5-9,21H,10H2,1-4H3,(H,20,24)(H,22,23,25). The lowest BCUT2D eigenvalue weighted by Crippen LogP contribution is -2.29. The van der Waals surface area contributed by atoms with Crippen LogP contribution in [0.15, 0.2) is 35.1 Å². The van der Waals surface area contributed by atoms with E-state index >= 15 is 0 Å². The fraction of sp³-hybridized carbons (Fsp3) is 0.316. The molecule has 0 bridgehead atoms. The van der Waals surface area contributed by atoms with Gasteiger partial charge in [-0.25, -0.2) is 4.79 Å². The molecule has 3 rings (SSSR count). The SMILES string of the molecule is COc1ccc2[nH]c(CNC(=O)c3cc(C(C)(C)C)[nH]c(=O)n3)cc2c1. The summed E-state index contributed by atoms with van der Waals surface area (Å²) in [6.07, 6.45) is 0. The molecule has 2 heterocycles. The normalized spacial score (nSPS) is 11.5. The summed E-state index contributed by atoms with van der Waals surface area (Å²) in [6, 6.07) is 9.28. The molecule has 0 saturated heterocycles. The maximum atomic E-state index is 12.4. The highest BCUT2D eigenvalue weighted by atomic mass is 16.5. The van der Waals surface area contributed by atoms with Gasteiger partial charge in [0.1, 0.15) is 11.4 Å². The van der Waals surface area contributed by atoms with E-state index in [1.165, 1.54) is 0 Å². The lowest BCUT2D eigenvalue weighted by molar-refractivity contribution is 0.0944. The van der Waals surface area contributed by atoms with Gasteiger partial charge in [-0.15, -0.1) is 0 Å². The smallest absolute Gasteiger partial charge is 0.345 e. The fourth-order valence-corrected chi connectivity index (χ4v) is 2.64. The van der Waals surface area contributed by atoms with Crippen molar-refractivity contribution in [2.75, 3.05) is 7.11 Å². The molecule has 0 unspecified atom stereocenters. The quantitative estimate of drug-likeness (QED) is 0.670. The first-order valence-electron chi connectivity index (χ1n) is 8.32. The number of carbonyl (C=O) groups is 1. The maximum absolute atomic E-state index is 12.4. The number of fused-ring (bicyclic) bond motifs is 1. The van der Waals surface area contributed by atoms with Gasteiger partial charge in [-0.3, -0.25) is 4.79 Å². The van der Waals surface area contributed by atoms with Gasteiger partial charge in [-0.2, -0.15) is 4.98 Å². The Labute approximate surface area is 150 Å². The molecule has 0 aliphatic carbocycles. The number of aromatic nitrogens is 3. The molecule has 0 aliphatic heterocycles. The van der Waals surface area contributed by atoms with E-state index in [-0.39, 0.29) is 11.1 Å². The first-order valence-corrected chi connectivity index (χ1v) is 8.32. The minimum atomic E-state index is -0.528. The van der Waals surface area contributed by atoms with Crippen LogP contribution in [0, 0.1) is 0 Å². The second-order valence-electron chi connectivity index (χ2n) is 7.17. The van der Waals surface area contributed by atoms with Crippen molar-refractivity contribution in [1.82, 2.24) is 20.3 Å². The predicted octanol–water partition coefficient (Wildman–Crippen LogP) is 2.49. The minimum Gasteiger partial charge on any atom is -0.497 e. The summed E-state index contributed by atoms with van der Waals surface area (Å²) < 4.78 is 5.21. The molecule has 136 valence electrons. The number of amides is 1. The molecule has 1 aromatic carbocycles. The second-order valence-corrected chi connectivity index (χ2v) is 7.17. The van der Waals surface area contributed by atoms with Crippen molar-refractivity contribution in [2.45, 2.75) is 32.7 Å². The Morgan fingerprint density at radius 2 is 1.96 bits per heavy atom. The number of aromatic amines is 2. The van der Waals surface area contributed by atoms with E-state index < -0.39 is 11.6 Å². The van der Waals surface area contributed by atoms with Crippen molar-refractivity contribution in [2.24, 2.45) is 0 Å². The Morgan fingerprint density at radius 1 is 1.19 bits per heavy atom. The van der Waals surface area contributed by atoms with Gasteiger partial charge >= 0.3 is 5.69 Å². The lowest BCUT2D eigenvalue weighted by atomic mass is 9.91. The summed E-state index contributed by atoms with van der Waals surface area (Å²) in [5.41, 5.74) is 1.77. The average molecular weight is 354 g/mol. The summed E-state index contributed by atoms with van der Waals surface area (Å²) >= 11 is 0. The molecule has 0 atom stereocenters. The number of ether oxygens (including phenoxy) is 1. The molecule has 0 spiro atoms. The Balaban J connectivity index is 1.77. The summed E-state index contributed by atoms with van der Waals surface area (Å²) in [5.74, 6) is 0.382. The summed E-state index contributed by atoms with van der Waals surface area (Å²) in [7, 11) is 1.62. The Hall–Kier alpha value is -3.09. The van der Waals surface area contributed by atoms with Crippen molar-refractivity contribution >= 4 is 16.8 Å². The van der Waals surface area contributed by atoms with Crippen molar-refractivity contribution in [3.63, 3.8) is 0 Å². The molecule has 3 aromatic rings. The number of nitrogens with one attached hydrogen (secondary N) is 3. The van der Waals surface area contributed by atoms with Gasteiger partial charge < -0.3 is 20.0 Å². The Kier molecular flexibility index (Phi) is 4.54. The number of rotatable bonds is 4. The molecule has 3 N–H and O–H groups in total. The topological polar surface area (TPSA) is 99.9 Å². The van der Waals surface area contributed by atoms with E-state index in [0.29, 0.717) is 12.2 Å². The zero-order valence-corrected chi connectivity index (χ0v) is 15.3. The predicted molar refractivity (Wildman–Crippen MR) is 99.6 cm³/mol. The van der Waals surface area contributed by atoms with Crippen molar-refractivity contribution in [3.05, 3.63) is 57.9 Å². The summed E-state index contributed by atoms with van der Waals surface area (Å²) in [6.45, 7) is 6.17. The number of hydrogen-bond donors (Lipinski definition) is 3. The molecular weight excluding hydrogens is 332 g/mol. The Morgan fingerprint density at radius 3 is 2.65 bits per heavy atom. The van der Waals surface area contributed by atoms with Crippen molar-refractivity contribution < 1.29 is 9.53 Å². The summed E-state index contributed by atoms with van der Waals surface area (Å²) in [4.78, 5) is 33.9. The second kappa shape index (κ2) is 6.67. The number of hydrogen-bond acceptors (Lipinski definition) is 4. The Bertz CT molecular complexity index is 1010. The summed E-state index contributed by atoms with van der Waals surface area (Å²) in [5, 5.41) is 3.79. The van der Waals surface area contributed by atoms with Gasteiger partial charge in [0, 0.05) is 27.7 Å². The van der Waals surface area contributed by atoms with E-state index in [9.17, 15) is 9.59 Å². The number of benzene rings is 1. The molecule has 0 saturated carbocycles.